The van der Waals surface area contributed by atoms with Crippen molar-refractivity contribution in [1.29, 1.82) is 0 Å². The van der Waals surface area contributed by atoms with Crippen LogP contribution in [-0.2, 0) is 20.8 Å². The molecular weight excluding hydrogens is 464 g/mol. The number of ether oxygens (including phenoxy) is 6. The van der Waals surface area contributed by atoms with E-state index in [0.717, 1.165) is 25.2 Å². The Bertz CT molecular complexity index is 1070. The van der Waals surface area contributed by atoms with E-state index in [1.54, 1.807) is 60.7 Å². The summed E-state index contributed by atoms with van der Waals surface area (Å²) >= 11 is 0. The first-order valence-electron chi connectivity index (χ1n) is 11.8. The van der Waals surface area contributed by atoms with Crippen molar-refractivity contribution < 1.29 is 38.0 Å². The molecule has 0 aromatic heterocycles. The SMILES string of the molecule is O=C(Oc1ccc(OC(=O)c2ccc(OCCC3CO3)cc2)cc1)c1ccc(COCC2CO2)cc1. The monoisotopic (exact) mass is 490 g/mol. The van der Waals surface area contributed by atoms with Crippen molar-refractivity contribution >= 4 is 11.9 Å². The Morgan fingerprint density at radius 1 is 0.694 bits per heavy atom. The first-order chi connectivity index (χ1) is 17.6. The van der Waals surface area contributed by atoms with Crippen LogP contribution in [0.2, 0.25) is 0 Å². The summed E-state index contributed by atoms with van der Waals surface area (Å²) < 4.78 is 32.3. The van der Waals surface area contributed by atoms with Crippen molar-refractivity contribution in [3.63, 3.8) is 0 Å². The zero-order valence-electron chi connectivity index (χ0n) is 19.6. The van der Waals surface area contributed by atoms with Gasteiger partial charge in [0.1, 0.15) is 23.4 Å². The van der Waals surface area contributed by atoms with Gasteiger partial charge in [0.2, 0.25) is 0 Å². The molecule has 3 aromatic carbocycles. The van der Waals surface area contributed by atoms with Gasteiger partial charge >= 0.3 is 11.9 Å². The number of esters is 2. The van der Waals surface area contributed by atoms with E-state index in [-0.39, 0.29) is 6.10 Å². The second-order valence-electron chi connectivity index (χ2n) is 8.53. The van der Waals surface area contributed by atoms with E-state index in [1.165, 1.54) is 0 Å². The second-order valence-corrected chi connectivity index (χ2v) is 8.53. The van der Waals surface area contributed by atoms with E-state index in [9.17, 15) is 9.59 Å². The van der Waals surface area contributed by atoms with Crippen molar-refractivity contribution in [2.75, 3.05) is 26.4 Å². The Kier molecular flexibility index (Phi) is 7.56. The van der Waals surface area contributed by atoms with Gasteiger partial charge in [-0.1, -0.05) is 12.1 Å². The number of carbonyl (C=O) groups is 2. The molecule has 2 atom stereocenters. The molecule has 8 nitrogen and oxygen atoms in total. The lowest BCUT2D eigenvalue weighted by Crippen LogP contribution is -2.10. The van der Waals surface area contributed by atoms with Gasteiger partial charge in [-0.3, -0.25) is 0 Å². The summed E-state index contributed by atoms with van der Waals surface area (Å²) in [5.41, 5.74) is 1.79. The number of carbonyl (C=O) groups excluding carboxylic acids is 2. The van der Waals surface area contributed by atoms with Crippen molar-refractivity contribution in [2.45, 2.75) is 25.2 Å². The van der Waals surface area contributed by atoms with Crippen molar-refractivity contribution in [2.24, 2.45) is 0 Å². The van der Waals surface area contributed by atoms with Crippen molar-refractivity contribution in [1.82, 2.24) is 0 Å². The Morgan fingerprint density at radius 2 is 1.19 bits per heavy atom. The first-order valence-corrected chi connectivity index (χ1v) is 11.8. The average Bonchev–Trinajstić information content (AvgIpc) is 3.82. The molecule has 0 amide bonds. The zero-order valence-corrected chi connectivity index (χ0v) is 19.6. The molecule has 0 spiro atoms. The van der Waals surface area contributed by atoms with Gasteiger partial charge < -0.3 is 28.4 Å². The molecule has 2 fully saturated rings. The van der Waals surface area contributed by atoms with Gasteiger partial charge in [-0.15, -0.1) is 0 Å². The topological polar surface area (TPSA) is 96.1 Å². The molecule has 0 aliphatic carbocycles. The lowest BCUT2D eigenvalue weighted by atomic mass is 10.1. The fourth-order valence-corrected chi connectivity index (χ4v) is 3.35. The number of benzene rings is 3. The normalized spacial score (nSPS) is 17.8. The van der Waals surface area contributed by atoms with Gasteiger partial charge in [0.25, 0.3) is 0 Å². The van der Waals surface area contributed by atoms with Crippen molar-refractivity contribution in [3.05, 3.63) is 89.5 Å². The lowest BCUT2D eigenvalue weighted by molar-refractivity contribution is 0.0719. The third-order valence-electron chi connectivity index (χ3n) is 5.61. The van der Waals surface area contributed by atoms with E-state index in [0.29, 0.717) is 54.3 Å². The third-order valence-corrected chi connectivity index (χ3v) is 5.61. The van der Waals surface area contributed by atoms with Crippen LogP contribution in [0.5, 0.6) is 17.2 Å². The molecule has 5 rings (SSSR count). The average molecular weight is 491 g/mol. The van der Waals surface area contributed by atoms with Gasteiger partial charge in [0.05, 0.1) is 50.3 Å². The Morgan fingerprint density at radius 3 is 1.72 bits per heavy atom. The molecule has 0 radical (unpaired) electrons. The lowest BCUT2D eigenvalue weighted by Gasteiger charge is -2.08. The third kappa shape index (κ3) is 7.14. The maximum absolute atomic E-state index is 12.4. The predicted octanol–water partition coefficient (Wildman–Crippen LogP) is 4.21. The summed E-state index contributed by atoms with van der Waals surface area (Å²) in [7, 11) is 0. The van der Waals surface area contributed by atoms with Gasteiger partial charge in [0.15, 0.2) is 0 Å². The summed E-state index contributed by atoms with van der Waals surface area (Å²) in [4.78, 5) is 24.9. The smallest absolute Gasteiger partial charge is 0.343 e. The summed E-state index contributed by atoms with van der Waals surface area (Å²) in [5.74, 6) is 0.391. The Labute approximate surface area is 208 Å². The van der Waals surface area contributed by atoms with Crippen LogP contribution in [0.15, 0.2) is 72.8 Å². The molecule has 3 aromatic rings. The molecule has 2 aliphatic rings. The van der Waals surface area contributed by atoms with Crippen LogP contribution in [0.25, 0.3) is 0 Å². The Balaban J connectivity index is 1.07. The van der Waals surface area contributed by atoms with Crippen LogP contribution in [0.4, 0.5) is 0 Å². The molecule has 8 heteroatoms. The predicted molar refractivity (Wildman–Crippen MR) is 128 cm³/mol. The molecule has 0 N–H and O–H groups in total. The summed E-state index contributed by atoms with van der Waals surface area (Å²) in [6.07, 6.45) is 1.39. The standard InChI is InChI=1S/C28H26O8/c29-27(20-3-1-19(2-4-20)15-31-16-26-18-34-26)35-23-9-11-24(12-10-23)36-28(30)21-5-7-22(8-6-21)32-14-13-25-17-33-25/h1-12,25-26H,13-18H2. The second kappa shape index (κ2) is 11.3. The van der Waals surface area contributed by atoms with Crippen LogP contribution in [0.3, 0.4) is 0 Å². The van der Waals surface area contributed by atoms with Gasteiger partial charge in [-0.05, 0) is 66.2 Å². The minimum absolute atomic E-state index is 0.221. The molecule has 0 bridgehead atoms. The summed E-state index contributed by atoms with van der Waals surface area (Å²) in [6, 6.07) is 20.1. The number of hydrogen-bond acceptors (Lipinski definition) is 8. The van der Waals surface area contributed by atoms with Crippen LogP contribution < -0.4 is 14.2 Å². The Hall–Kier alpha value is -3.72. The minimum Gasteiger partial charge on any atom is -0.493 e. The van der Waals surface area contributed by atoms with E-state index in [2.05, 4.69) is 0 Å². The molecular formula is C28H26O8. The van der Waals surface area contributed by atoms with E-state index >= 15 is 0 Å². The van der Waals surface area contributed by atoms with Crippen LogP contribution in [0, 0.1) is 0 Å². The molecule has 186 valence electrons. The molecule has 2 unspecified atom stereocenters. The molecule has 2 aliphatic heterocycles. The highest BCUT2D eigenvalue weighted by Crippen LogP contribution is 2.21. The van der Waals surface area contributed by atoms with Gasteiger partial charge in [0, 0.05) is 6.42 Å². The highest BCUT2D eigenvalue weighted by atomic mass is 16.6. The first kappa shape index (κ1) is 24.0. The summed E-state index contributed by atoms with van der Waals surface area (Å²) in [5, 5.41) is 0. The fourth-order valence-electron chi connectivity index (χ4n) is 3.35. The quantitative estimate of drug-likeness (QED) is 0.212. The molecule has 0 saturated carbocycles. The molecule has 2 heterocycles. The fraction of sp³-hybridized carbons (Fsp3) is 0.286. The number of rotatable bonds is 12. The highest BCUT2D eigenvalue weighted by molar-refractivity contribution is 5.92. The molecule has 36 heavy (non-hydrogen) atoms. The van der Waals surface area contributed by atoms with Crippen LogP contribution in [0.1, 0.15) is 32.7 Å². The maximum Gasteiger partial charge on any atom is 0.343 e. The van der Waals surface area contributed by atoms with E-state index < -0.39 is 11.9 Å². The van der Waals surface area contributed by atoms with E-state index in [4.69, 9.17) is 28.4 Å². The summed E-state index contributed by atoms with van der Waals surface area (Å²) in [6.45, 7) is 3.17. The molecule has 2 saturated heterocycles. The highest BCUT2D eigenvalue weighted by Gasteiger charge is 2.22. The van der Waals surface area contributed by atoms with Crippen LogP contribution >= 0.6 is 0 Å². The largest absolute Gasteiger partial charge is 0.493 e. The maximum atomic E-state index is 12.4. The number of hydrogen-bond donors (Lipinski definition) is 0. The minimum atomic E-state index is -0.494. The van der Waals surface area contributed by atoms with Crippen LogP contribution in [-0.4, -0.2) is 50.6 Å². The van der Waals surface area contributed by atoms with E-state index in [1.807, 2.05) is 12.1 Å². The van der Waals surface area contributed by atoms with Gasteiger partial charge in [-0.2, -0.15) is 0 Å². The van der Waals surface area contributed by atoms with Gasteiger partial charge in [-0.25, -0.2) is 9.59 Å². The number of epoxide rings is 2. The zero-order chi connectivity index (χ0) is 24.7. The van der Waals surface area contributed by atoms with Crippen molar-refractivity contribution in [3.8, 4) is 17.2 Å².